The molecule has 0 aliphatic carbocycles. The molecule has 9 heterocycles. The minimum absolute atomic E-state index is 0.0101. The van der Waals surface area contributed by atoms with E-state index in [1.54, 1.807) is 34.0 Å². The van der Waals surface area contributed by atoms with Gasteiger partial charge in [0.1, 0.15) is 62.0 Å². The van der Waals surface area contributed by atoms with Crippen LogP contribution in [0.1, 0.15) is 183 Å². The summed E-state index contributed by atoms with van der Waals surface area (Å²) in [7, 11) is 0. The van der Waals surface area contributed by atoms with Gasteiger partial charge in [0.2, 0.25) is 0 Å². The molecule has 0 unspecified atom stereocenters. The van der Waals surface area contributed by atoms with Crippen molar-refractivity contribution in [3.8, 4) is 15.0 Å². The van der Waals surface area contributed by atoms with E-state index in [0.29, 0.717) is 197 Å². The van der Waals surface area contributed by atoms with Crippen molar-refractivity contribution in [2.75, 3.05) is 165 Å². The number of esters is 1. The maximum atomic E-state index is 13.2. The van der Waals surface area contributed by atoms with Gasteiger partial charge in [0, 0.05) is 89.1 Å². The van der Waals surface area contributed by atoms with Crippen LogP contribution < -0.4 is 5.73 Å². The number of carbonyl (C=O) groups excluding carboxylic acids is 2. The lowest BCUT2D eigenvalue weighted by Crippen LogP contribution is -2.25. The summed E-state index contributed by atoms with van der Waals surface area (Å²) in [5, 5.41) is 64.2. The molecule has 0 fully saturated rings. The van der Waals surface area contributed by atoms with Gasteiger partial charge in [-0.2, -0.15) is 0 Å². The number of aromatic nitrogens is 9. The highest BCUT2D eigenvalue weighted by atomic mass is 35.5. The summed E-state index contributed by atoms with van der Waals surface area (Å²) in [5.74, 6) is 1.22. The molecular formula is C93H122Cl3N13O23S3. The van der Waals surface area contributed by atoms with E-state index in [0.717, 1.165) is 99.7 Å². The molecule has 0 radical (unpaired) electrons. The van der Waals surface area contributed by atoms with Crippen molar-refractivity contribution in [3.05, 3.63) is 188 Å². The number of fused-ring (bicyclic) bond motifs is 9. The number of halogens is 3. The van der Waals surface area contributed by atoms with Gasteiger partial charge in [-0.05, 0) is 143 Å². The molecule has 36 nitrogen and oxygen atoms in total. The van der Waals surface area contributed by atoms with Crippen LogP contribution in [0.3, 0.4) is 0 Å². The number of nitrogens with two attached hydrogens (primary N) is 1. The van der Waals surface area contributed by atoms with Crippen molar-refractivity contribution >= 4 is 122 Å². The molecule has 3 aliphatic heterocycles. The minimum Gasteiger partial charge on any atom is -0.483 e. The van der Waals surface area contributed by atoms with Crippen molar-refractivity contribution in [2.45, 2.75) is 152 Å². The number of thiophene rings is 3. The number of ketones is 1. The Morgan fingerprint density at radius 3 is 0.904 bits per heavy atom. The van der Waals surface area contributed by atoms with Crippen LogP contribution in [0.2, 0.25) is 15.1 Å². The quantitative estimate of drug-likeness (QED) is 0.0134. The number of Topliss-reactive ketones (excluding diaryl/α,β-unsaturated/α-hetero) is 1. The Bertz CT molecular complexity index is 5340. The molecule has 6 aromatic heterocycles. The summed E-state index contributed by atoms with van der Waals surface area (Å²) in [6.07, 6.45) is 1.13. The summed E-state index contributed by atoms with van der Waals surface area (Å²) in [4.78, 5) is 85.0. The van der Waals surface area contributed by atoms with Gasteiger partial charge in [0.15, 0.2) is 17.5 Å². The van der Waals surface area contributed by atoms with Crippen molar-refractivity contribution in [1.82, 2.24) is 44.3 Å². The zero-order valence-corrected chi connectivity index (χ0v) is 82.9. The molecule has 0 bridgehead atoms. The third-order valence-corrected chi connectivity index (χ3v) is 24.6. The van der Waals surface area contributed by atoms with Crippen LogP contribution in [0.4, 0.5) is 0 Å². The number of aliphatic imine (C=N–C) groups is 3. The monoisotopic (exact) mass is 1990 g/mol. The maximum absolute atomic E-state index is 13.2. The summed E-state index contributed by atoms with van der Waals surface area (Å²) in [6.45, 7) is 34.7. The van der Waals surface area contributed by atoms with Crippen LogP contribution in [-0.2, 0) is 90.3 Å². The number of benzene rings is 3. The first-order valence-electron chi connectivity index (χ1n) is 44.0. The third-order valence-electron chi connectivity index (χ3n) is 20.3. The highest BCUT2D eigenvalue weighted by Crippen LogP contribution is 2.44. The van der Waals surface area contributed by atoms with Gasteiger partial charge in [0.25, 0.3) is 6.47 Å². The number of hydrogen-bond acceptors (Lipinski definition) is 32. The molecule has 0 spiro atoms. The SMILES string of the molecule is Cc1sc2c(c1C)C(c1ccc(Cl)cc1)=N[C@@H](CC(=O)CCCOCCOCCOCCOCCOCCOCCC(=O)O)c1nnc(C)n1-2.Cc1sc2c(c1C)C(c1ccc(Cl)cc1)=N[C@@H](CC(=O)O)c1nnc(C)n1-2.Cc1sc2c(c1C)C(c1ccc(Cl)cc1)=N[C@@H](CC(=O)OC(C)(C)C)c1nnc(C)n1-2.NCCOCCOCCOCCOCCOCCOCCC(=O)O.O=CO. The molecule has 0 saturated heterocycles. The van der Waals surface area contributed by atoms with Crippen LogP contribution in [-0.4, -0.2) is 289 Å². The predicted molar refractivity (Wildman–Crippen MR) is 513 cm³/mol. The minimum atomic E-state index is -0.926. The maximum Gasteiger partial charge on any atom is 0.308 e. The van der Waals surface area contributed by atoms with Gasteiger partial charge in [-0.1, -0.05) is 71.2 Å². The van der Waals surface area contributed by atoms with E-state index in [4.69, 9.17) is 137 Å². The molecule has 3 aromatic carbocycles. The summed E-state index contributed by atoms with van der Waals surface area (Å²) in [5.41, 5.74) is 16.4. The highest BCUT2D eigenvalue weighted by molar-refractivity contribution is 7.16. The van der Waals surface area contributed by atoms with E-state index in [9.17, 15) is 29.1 Å². The number of aliphatic carboxylic acids is 3. The predicted octanol–water partition coefficient (Wildman–Crippen LogP) is 14.1. The van der Waals surface area contributed by atoms with Gasteiger partial charge < -0.3 is 87.7 Å². The van der Waals surface area contributed by atoms with Gasteiger partial charge in [-0.25, -0.2) is 0 Å². The second kappa shape index (κ2) is 58.3. The molecule has 6 N–H and O–H groups in total. The van der Waals surface area contributed by atoms with E-state index in [-0.39, 0.29) is 63.5 Å². The van der Waals surface area contributed by atoms with E-state index in [1.807, 2.05) is 123 Å². The molecule has 42 heteroatoms. The van der Waals surface area contributed by atoms with E-state index in [1.165, 1.54) is 14.6 Å². The van der Waals surface area contributed by atoms with E-state index < -0.39 is 41.6 Å². The number of aryl methyl sites for hydroxylation is 6. The standard InChI is InChI=1S/C35H47ClN4O9S.C23H25ClN4O2S.C19H17ClN4O2S.C15H31NO8.CH2O2/c1-24-25(2)50-35-32(24)33(27-6-8-28(36)9-7-27)37-30(34-39-38-26(3)40(34)35)23-29(41)5-4-11-44-13-15-46-17-19-48-21-22-49-20-18-47-16-14-45-12-10-31(42)43;1-12-13(2)31-22-19(12)20(15-7-9-16(24)10-8-15)25-17(11-18(29)30-23(4,5)6)21-27-26-14(3)28(21)22;1-9-10(2)27-19-16(9)17(12-4-6-13(20)7-5-12)21-14(8-15(25)26)18-23-22-11(3)24(18)19;16-2-4-20-6-8-22-10-12-24-14-13-23-11-9-21-7-5-19-3-1-15(17)18;2-1-3/h6-9,30H,4-5,10-23H2,1-3H3,(H,42,43);7-10,17H,11H2,1-6H3;4-7,14H,8H2,1-3H3,(H,25,26);1-14,16H2,(H,17,18);1H,(H,2,3)/t30-;17-;14-;;/m000../s1. The van der Waals surface area contributed by atoms with Gasteiger partial charge >= 0.3 is 23.9 Å². The van der Waals surface area contributed by atoms with Crippen LogP contribution >= 0.6 is 68.8 Å². The first-order valence-corrected chi connectivity index (χ1v) is 47.6. The van der Waals surface area contributed by atoms with Crippen LogP contribution in [0.5, 0.6) is 0 Å². The molecule has 3 aliphatic rings. The average Bonchev–Trinajstić information content (AvgIpc) is 1.60. The highest BCUT2D eigenvalue weighted by Gasteiger charge is 2.37. The Morgan fingerprint density at radius 1 is 0.378 bits per heavy atom. The molecule has 0 saturated carbocycles. The second-order valence-corrected chi connectivity index (χ2v) is 36.4. The fourth-order valence-electron chi connectivity index (χ4n) is 13.6. The first-order chi connectivity index (χ1) is 64.9. The largest absolute Gasteiger partial charge is 0.483 e. The molecular weight excluding hydrogens is 1870 g/mol. The molecule has 0 amide bonds. The zero-order valence-electron chi connectivity index (χ0n) is 78.2. The Kier molecular flexibility index (Phi) is 47.9. The number of nitrogens with zero attached hydrogens (tertiary/aromatic N) is 12. The number of carboxylic acids is 3. The third kappa shape index (κ3) is 35.5. The van der Waals surface area contributed by atoms with E-state index >= 15 is 0 Å². The second-order valence-electron chi connectivity index (χ2n) is 31.5. The topological polar surface area (TPSA) is 459 Å². The number of carboxylic acid groups (broad SMARTS) is 4. The van der Waals surface area contributed by atoms with Gasteiger partial charge in [-0.15, -0.1) is 64.6 Å². The van der Waals surface area contributed by atoms with Crippen LogP contribution in [0.25, 0.3) is 15.0 Å². The summed E-state index contributed by atoms with van der Waals surface area (Å²) in [6, 6.07) is 21.1. The molecule has 135 heavy (non-hydrogen) atoms. The molecule has 12 rings (SSSR count). The average molecular weight is 1990 g/mol. The first kappa shape index (κ1) is 111. The van der Waals surface area contributed by atoms with Crippen molar-refractivity contribution in [1.29, 1.82) is 0 Å². The Balaban J connectivity index is 0.000000229. The lowest BCUT2D eigenvalue weighted by molar-refractivity contribution is -0.155. The molecule has 3 atom stereocenters. The molecule has 9 aromatic rings. The molecule has 736 valence electrons. The van der Waals surface area contributed by atoms with Gasteiger partial charge in [-0.3, -0.25) is 57.4 Å². The van der Waals surface area contributed by atoms with Crippen molar-refractivity contribution < 1.29 is 111 Å². The van der Waals surface area contributed by atoms with Crippen molar-refractivity contribution in [3.63, 3.8) is 0 Å². The van der Waals surface area contributed by atoms with Crippen molar-refractivity contribution in [2.24, 2.45) is 20.7 Å². The zero-order chi connectivity index (χ0) is 97.9. The summed E-state index contributed by atoms with van der Waals surface area (Å²) < 4.78 is 75.7. The Labute approximate surface area is 812 Å². The number of carbonyl (C=O) groups is 6. The Morgan fingerprint density at radius 2 is 0.637 bits per heavy atom. The van der Waals surface area contributed by atoms with Gasteiger partial charge in [0.05, 0.1) is 195 Å². The number of hydrogen-bond donors (Lipinski definition) is 5. The number of ether oxygens (including phenoxy) is 13. The van der Waals surface area contributed by atoms with E-state index in [2.05, 4.69) is 76.7 Å². The van der Waals surface area contributed by atoms with Crippen LogP contribution in [0, 0.1) is 62.3 Å². The smallest absolute Gasteiger partial charge is 0.308 e. The van der Waals surface area contributed by atoms with Crippen LogP contribution in [0.15, 0.2) is 87.8 Å². The lowest BCUT2D eigenvalue weighted by atomic mass is 9.99. The fourth-order valence-corrected chi connectivity index (χ4v) is 17.6. The Hall–Kier alpha value is -9.44. The summed E-state index contributed by atoms with van der Waals surface area (Å²) >= 11 is 23.4. The lowest BCUT2D eigenvalue weighted by Gasteiger charge is -2.21. The normalized spacial score (nSPS) is 14.0. The number of rotatable bonds is 51. The fraction of sp³-hybridized carbons (Fsp3) is 0.516.